The molecule has 14 heteroatoms. The number of Topliss-reactive ketones (excluding diaryl/α,β-unsaturated/α-hetero) is 3. The maximum Gasteiger partial charge on any atom is 0.240 e. The predicted molar refractivity (Wildman–Crippen MR) is 313 cm³/mol. The highest BCUT2D eigenvalue weighted by Gasteiger charge is 2.48. The van der Waals surface area contributed by atoms with Gasteiger partial charge in [-0.05, 0) is 148 Å². The van der Waals surface area contributed by atoms with Crippen LogP contribution in [0.2, 0.25) is 20.1 Å². The minimum Gasteiger partial charge on any atom is -0.331 e. The molecule has 0 aliphatic carbocycles. The Morgan fingerprint density at radius 1 is 0.558 bits per heavy atom. The van der Waals surface area contributed by atoms with Crippen molar-refractivity contribution in [1.82, 2.24) is 19.6 Å². The molecule has 4 saturated heterocycles. The molecule has 2 unspecified atom stereocenters. The monoisotopic (exact) mass is 1130 g/mol. The molecule has 4 heterocycles. The third-order valence-corrected chi connectivity index (χ3v) is 17.7. The van der Waals surface area contributed by atoms with Crippen molar-refractivity contribution < 1.29 is 24.0 Å². The number of nitrogens with zero attached hydrogens (tertiary/aromatic N) is 4. The second-order valence-corrected chi connectivity index (χ2v) is 24.8. The van der Waals surface area contributed by atoms with Gasteiger partial charge in [-0.1, -0.05) is 147 Å². The van der Waals surface area contributed by atoms with E-state index < -0.39 is 12.1 Å². The van der Waals surface area contributed by atoms with E-state index in [1.807, 2.05) is 46.2 Å². The first-order valence-corrected chi connectivity index (χ1v) is 29.7. The number of rotatable bonds is 22. The SMILES string of the molecule is CC(=O)C[C@@H]1C[C@H]2C(=O)N([C@H](CC(C)C)C(=O)CCc3ccc(Cl)c(Cl)c3)CCC(CCc3ccccc3)N2C1.CC(C)C[C@H](C(=O)CCc1ccc(Cl)c(Cl)c1)N1CCC(CCc2ccccc2)N2C[C@H](N)C[C@H]2C1=O. The minimum atomic E-state index is -0.447. The van der Waals surface area contributed by atoms with Gasteiger partial charge in [0.15, 0.2) is 11.6 Å². The highest BCUT2D eigenvalue weighted by molar-refractivity contribution is 6.42. The van der Waals surface area contributed by atoms with E-state index in [2.05, 4.69) is 86.0 Å². The largest absolute Gasteiger partial charge is 0.331 e. The molecule has 0 spiro atoms. The van der Waals surface area contributed by atoms with Gasteiger partial charge < -0.3 is 20.3 Å². The summed E-state index contributed by atoms with van der Waals surface area (Å²) in [7, 11) is 0. The minimum absolute atomic E-state index is 0.0120. The summed E-state index contributed by atoms with van der Waals surface area (Å²) in [5.74, 6) is 1.26. The van der Waals surface area contributed by atoms with Crippen molar-refractivity contribution >= 4 is 75.6 Å². The fraction of sp³-hybridized carbons (Fsp3) is 0.540. The van der Waals surface area contributed by atoms with E-state index in [9.17, 15) is 24.0 Å². The Balaban J connectivity index is 0.000000224. The molecule has 4 aliphatic rings. The fourth-order valence-corrected chi connectivity index (χ4v) is 13.1. The summed E-state index contributed by atoms with van der Waals surface area (Å²) in [4.78, 5) is 75.9. The van der Waals surface area contributed by atoms with E-state index in [0.717, 1.165) is 62.7 Å². The number of fused-ring (bicyclic) bond motifs is 2. The lowest BCUT2D eigenvalue weighted by molar-refractivity contribution is -0.142. The van der Waals surface area contributed by atoms with Gasteiger partial charge in [0.2, 0.25) is 11.8 Å². The van der Waals surface area contributed by atoms with E-state index in [1.165, 1.54) is 11.1 Å². The number of aryl methyl sites for hydroxylation is 4. The predicted octanol–water partition coefficient (Wildman–Crippen LogP) is 12.4. The van der Waals surface area contributed by atoms with E-state index in [-0.39, 0.29) is 71.2 Å². The van der Waals surface area contributed by atoms with Crippen LogP contribution in [0.3, 0.4) is 0 Å². The summed E-state index contributed by atoms with van der Waals surface area (Å²) in [6.45, 7) is 12.8. The number of amides is 2. The van der Waals surface area contributed by atoms with Crippen molar-refractivity contribution in [3.63, 3.8) is 0 Å². The number of ketones is 3. The first-order chi connectivity index (χ1) is 36.8. The maximum atomic E-state index is 14.2. The molecule has 8 atom stereocenters. The summed E-state index contributed by atoms with van der Waals surface area (Å²) in [5.41, 5.74) is 10.9. The smallest absolute Gasteiger partial charge is 0.240 e. The second kappa shape index (κ2) is 28.8. The lowest BCUT2D eigenvalue weighted by Crippen LogP contribution is -2.51. The van der Waals surface area contributed by atoms with Crippen molar-refractivity contribution in [3.8, 4) is 0 Å². The lowest BCUT2D eigenvalue weighted by Gasteiger charge is -2.33. The lowest BCUT2D eigenvalue weighted by atomic mass is 9.93. The summed E-state index contributed by atoms with van der Waals surface area (Å²) < 4.78 is 0. The van der Waals surface area contributed by atoms with Crippen molar-refractivity contribution in [1.29, 1.82) is 0 Å². The van der Waals surface area contributed by atoms with Gasteiger partial charge >= 0.3 is 0 Å². The van der Waals surface area contributed by atoms with Crippen LogP contribution in [0.1, 0.15) is 128 Å². The van der Waals surface area contributed by atoms with Crippen LogP contribution in [0.25, 0.3) is 0 Å². The molecule has 2 amide bonds. The Morgan fingerprint density at radius 2 is 0.987 bits per heavy atom. The topological polar surface area (TPSA) is 124 Å². The summed E-state index contributed by atoms with van der Waals surface area (Å²) in [6, 6.07) is 31.1. The van der Waals surface area contributed by atoms with Gasteiger partial charge in [-0.25, -0.2) is 0 Å². The van der Waals surface area contributed by atoms with E-state index in [1.54, 1.807) is 19.1 Å². The zero-order valence-corrected chi connectivity index (χ0v) is 48.9. The zero-order chi connectivity index (χ0) is 55.3. The standard InChI is InChI=1S/C33H42Cl2N2O3.C30H39Cl2N3O2/c1-22(2)17-30(32(39)14-11-25-10-13-28(34)29(35)19-25)36-16-15-27(12-9-24-7-5-4-6-8-24)37-21-26(18-23(3)38)20-31(37)33(36)40;1-20(2)16-27(29(36)13-10-22-9-12-25(31)26(32)17-22)34-15-14-24(11-8-21-6-4-3-5-7-21)35-19-23(33)18-28(35)30(34)37/h4-8,10,13,19,22,26-27,30-31H,9,11-12,14-18,20-21H2,1-3H3;3-7,9,12,17,20,23-24,27-28H,8,10-11,13-16,18-19,33H2,1-2H3/t26-,27?,30-,31+;23-,24?,27-,28+/m11/s1. The first-order valence-electron chi connectivity index (χ1n) is 28.2. The molecule has 416 valence electrons. The van der Waals surface area contributed by atoms with Crippen LogP contribution in [-0.4, -0.2) is 117 Å². The van der Waals surface area contributed by atoms with Crippen LogP contribution in [0, 0.1) is 17.8 Å². The molecular formula is C63H81Cl4N5O5. The average Bonchev–Trinajstić information content (AvgIpc) is 4.01. The Hall–Kier alpha value is -4.13. The number of hydrogen-bond acceptors (Lipinski definition) is 8. The third-order valence-electron chi connectivity index (χ3n) is 16.2. The highest BCUT2D eigenvalue weighted by Crippen LogP contribution is 2.36. The van der Waals surface area contributed by atoms with Crippen molar-refractivity contribution in [2.24, 2.45) is 23.5 Å². The van der Waals surface area contributed by atoms with Crippen LogP contribution in [-0.2, 0) is 49.7 Å². The number of benzene rings is 4. The molecule has 8 rings (SSSR count). The Bertz CT molecular complexity index is 2620. The quantitative estimate of drug-likeness (QED) is 0.0825. The van der Waals surface area contributed by atoms with Gasteiger partial charge in [0.1, 0.15) is 5.78 Å². The number of carbonyl (C=O) groups excluding carboxylic acids is 5. The maximum absolute atomic E-state index is 14.2. The normalized spacial score (nSPS) is 22.8. The number of halogens is 4. The highest BCUT2D eigenvalue weighted by atomic mass is 35.5. The second-order valence-electron chi connectivity index (χ2n) is 23.1. The van der Waals surface area contributed by atoms with Crippen LogP contribution in [0.5, 0.6) is 0 Å². The molecule has 2 N–H and O–H groups in total. The van der Waals surface area contributed by atoms with Crippen molar-refractivity contribution in [2.75, 3.05) is 26.2 Å². The van der Waals surface area contributed by atoms with Crippen LogP contribution in [0.15, 0.2) is 97.1 Å². The molecular weight excluding hydrogens is 1050 g/mol. The molecule has 4 fully saturated rings. The molecule has 0 aromatic heterocycles. The van der Waals surface area contributed by atoms with Gasteiger partial charge in [-0.2, -0.15) is 0 Å². The zero-order valence-electron chi connectivity index (χ0n) is 45.9. The summed E-state index contributed by atoms with van der Waals surface area (Å²) >= 11 is 24.5. The molecule has 10 nitrogen and oxygen atoms in total. The van der Waals surface area contributed by atoms with Gasteiger partial charge in [-0.3, -0.25) is 29.0 Å². The fourth-order valence-electron chi connectivity index (χ4n) is 12.4. The number of carbonyl (C=O) groups is 5. The van der Waals surface area contributed by atoms with E-state index in [0.29, 0.717) is 96.9 Å². The van der Waals surface area contributed by atoms with Gasteiger partial charge in [0.05, 0.1) is 44.3 Å². The van der Waals surface area contributed by atoms with E-state index in [4.69, 9.17) is 52.1 Å². The van der Waals surface area contributed by atoms with Crippen molar-refractivity contribution in [2.45, 2.75) is 173 Å². The van der Waals surface area contributed by atoms with Crippen LogP contribution >= 0.6 is 46.4 Å². The Kier molecular flexibility index (Phi) is 22.7. The van der Waals surface area contributed by atoms with Crippen molar-refractivity contribution in [3.05, 3.63) is 139 Å². The van der Waals surface area contributed by atoms with Gasteiger partial charge in [-0.15, -0.1) is 0 Å². The Morgan fingerprint density at radius 3 is 1.40 bits per heavy atom. The molecule has 4 aromatic carbocycles. The summed E-state index contributed by atoms with van der Waals surface area (Å²) in [6.07, 6.45) is 10.5. The molecule has 0 radical (unpaired) electrons. The molecule has 77 heavy (non-hydrogen) atoms. The van der Waals surface area contributed by atoms with Gasteiger partial charge in [0.25, 0.3) is 0 Å². The number of hydrogen-bond donors (Lipinski definition) is 1. The summed E-state index contributed by atoms with van der Waals surface area (Å²) in [5, 5.41) is 1.98. The number of nitrogens with two attached hydrogens (primary N) is 1. The van der Waals surface area contributed by atoms with Crippen LogP contribution < -0.4 is 5.73 Å². The Labute approximate surface area is 478 Å². The molecule has 0 bridgehead atoms. The van der Waals surface area contributed by atoms with Crippen LogP contribution in [0.4, 0.5) is 0 Å². The first kappa shape index (κ1) is 60.5. The molecule has 0 saturated carbocycles. The average molecular weight is 1130 g/mol. The molecule has 4 aromatic rings. The third kappa shape index (κ3) is 17.0. The van der Waals surface area contributed by atoms with E-state index >= 15 is 0 Å². The van der Waals surface area contributed by atoms with Gasteiger partial charge in [0, 0.05) is 63.6 Å². The molecule has 4 aliphatic heterocycles.